The van der Waals surface area contributed by atoms with Crippen LogP contribution in [0.15, 0.2) is 79.0 Å². The Morgan fingerprint density at radius 3 is 1.85 bits per heavy atom. The second-order valence-corrected chi connectivity index (χ2v) is 7.34. The van der Waals surface area contributed by atoms with Gasteiger partial charge in [0.1, 0.15) is 28.6 Å². The Morgan fingerprint density at radius 1 is 0.636 bits per heavy atom. The molecule has 3 aromatic carbocycles. The van der Waals surface area contributed by atoms with Crippen LogP contribution in [-0.2, 0) is 0 Å². The fourth-order valence-corrected chi connectivity index (χ4v) is 3.70. The van der Waals surface area contributed by atoms with Gasteiger partial charge in [0.2, 0.25) is 0 Å². The lowest BCUT2D eigenvalue weighted by molar-refractivity contribution is 0.414. The fraction of sp³-hybridized carbons (Fsp3) is 0.115. The molecule has 33 heavy (non-hydrogen) atoms. The van der Waals surface area contributed by atoms with Gasteiger partial charge in [0.15, 0.2) is 0 Å². The van der Waals surface area contributed by atoms with Crippen LogP contribution in [0.5, 0.6) is 17.2 Å². The van der Waals surface area contributed by atoms with Gasteiger partial charge in [-0.2, -0.15) is 5.10 Å². The van der Waals surface area contributed by atoms with E-state index in [1.807, 2.05) is 79.0 Å². The normalized spacial score (nSPS) is 10.9. The summed E-state index contributed by atoms with van der Waals surface area (Å²) < 4.78 is 17.8. The average Bonchev–Trinajstić information content (AvgIpc) is 3.31. The van der Waals surface area contributed by atoms with Crippen LogP contribution < -0.4 is 14.2 Å². The topological polar surface area (TPSA) is 70.8 Å². The molecule has 0 bridgehead atoms. The molecule has 0 aliphatic carbocycles. The SMILES string of the molecule is COc1ccc(-c2nc3nc(-c4ccccc4OC)cn3nc2-c2ccc(OC)cc2)cc1. The molecule has 7 heteroatoms. The molecular weight excluding hydrogens is 416 g/mol. The van der Waals surface area contributed by atoms with Gasteiger partial charge in [-0.05, 0) is 60.7 Å². The molecule has 7 nitrogen and oxygen atoms in total. The predicted octanol–water partition coefficient (Wildman–Crippen LogP) is 5.15. The number of hydrogen-bond donors (Lipinski definition) is 0. The van der Waals surface area contributed by atoms with Crippen molar-refractivity contribution in [3.63, 3.8) is 0 Å². The average molecular weight is 438 g/mol. The lowest BCUT2D eigenvalue weighted by Crippen LogP contribution is -2.01. The number of rotatable bonds is 6. The highest BCUT2D eigenvalue weighted by atomic mass is 16.5. The van der Waals surface area contributed by atoms with Gasteiger partial charge in [-0.25, -0.2) is 14.5 Å². The number of ether oxygens (including phenoxy) is 3. The summed E-state index contributed by atoms with van der Waals surface area (Å²) in [6.07, 6.45) is 1.87. The van der Waals surface area contributed by atoms with Crippen LogP contribution in [0.1, 0.15) is 0 Å². The van der Waals surface area contributed by atoms with Gasteiger partial charge in [0, 0.05) is 16.7 Å². The van der Waals surface area contributed by atoms with Crippen LogP contribution >= 0.6 is 0 Å². The highest BCUT2D eigenvalue weighted by Gasteiger charge is 2.17. The third-order valence-electron chi connectivity index (χ3n) is 5.42. The Balaban J connectivity index is 1.70. The minimum atomic E-state index is 0.499. The molecule has 0 unspecified atom stereocenters. The minimum absolute atomic E-state index is 0.499. The van der Waals surface area contributed by atoms with Crippen LogP contribution in [-0.4, -0.2) is 40.9 Å². The first-order chi connectivity index (χ1) is 16.2. The van der Waals surface area contributed by atoms with Crippen molar-refractivity contribution in [2.24, 2.45) is 0 Å². The van der Waals surface area contributed by atoms with E-state index in [1.54, 1.807) is 25.8 Å². The summed E-state index contributed by atoms with van der Waals surface area (Å²) in [5.74, 6) is 2.79. The number of fused-ring (bicyclic) bond motifs is 1. The Bertz CT molecular complexity index is 1330. The number of benzene rings is 3. The summed E-state index contributed by atoms with van der Waals surface area (Å²) in [5.41, 5.74) is 4.91. The van der Waals surface area contributed by atoms with Gasteiger partial charge in [-0.15, -0.1) is 0 Å². The first-order valence-electron chi connectivity index (χ1n) is 10.4. The summed E-state index contributed by atoms with van der Waals surface area (Å²) in [5, 5.41) is 4.90. The number of imidazole rings is 1. The molecule has 0 atom stereocenters. The zero-order valence-electron chi connectivity index (χ0n) is 18.5. The van der Waals surface area contributed by atoms with E-state index in [4.69, 9.17) is 29.3 Å². The monoisotopic (exact) mass is 438 g/mol. The molecule has 0 saturated carbocycles. The summed E-state index contributed by atoms with van der Waals surface area (Å²) in [7, 11) is 4.94. The Kier molecular flexibility index (Phi) is 5.36. The molecule has 0 spiro atoms. The molecule has 164 valence electrons. The van der Waals surface area contributed by atoms with Gasteiger partial charge in [-0.3, -0.25) is 0 Å². The molecular formula is C26H22N4O3. The molecule has 2 aromatic heterocycles. The van der Waals surface area contributed by atoms with Crippen molar-refractivity contribution < 1.29 is 14.2 Å². The van der Waals surface area contributed by atoms with Crippen molar-refractivity contribution in [1.29, 1.82) is 0 Å². The molecule has 2 heterocycles. The third kappa shape index (κ3) is 3.85. The van der Waals surface area contributed by atoms with Gasteiger partial charge in [0.25, 0.3) is 5.78 Å². The zero-order chi connectivity index (χ0) is 22.8. The minimum Gasteiger partial charge on any atom is -0.497 e. The summed E-state index contributed by atoms with van der Waals surface area (Å²) in [6, 6.07) is 23.3. The smallest absolute Gasteiger partial charge is 0.251 e. The van der Waals surface area contributed by atoms with Gasteiger partial charge < -0.3 is 14.2 Å². The summed E-state index contributed by atoms with van der Waals surface area (Å²) >= 11 is 0. The van der Waals surface area contributed by atoms with Crippen LogP contribution in [0, 0.1) is 0 Å². The molecule has 0 aliphatic rings. The number of nitrogens with zero attached hydrogens (tertiary/aromatic N) is 4. The summed E-state index contributed by atoms with van der Waals surface area (Å²) in [4.78, 5) is 9.64. The Labute approximate surface area is 191 Å². The van der Waals surface area contributed by atoms with Crippen LogP contribution in [0.2, 0.25) is 0 Å². The van der Waals surface area contributed by atoms with Gasteiger partial charge >= 0.3 is 0 Å². The highest BCUT2D eigenvalue weighted by Crippen LogP contribution is 2.33. The first-order valence-corrected chi connectivity index (χ1v) is 10.4. The lowest BCUT2D eigenvalue weighted by atomic mass is 10.0. The van der Waals surface area contributed by atoms with E-state index in [-0.39, 0.29) is 0 Å². The van der Waals surface area contributed by atoms with Crippen LogP contribution in [0.25, 0.3) is 39.5 Å². The first kappa shape index (κ1) is 20.5. The number of hydrogen-bond acceptors (Lipinski definition) is 6. The Hall–Kier alpha value is -4.39. The maximum absolute atomic E-state index is 5.51. The highest BCUT2D eigenvalue weighted by molar-refractivity contribution is 5.79. The van der Waals surface area contributed by atoms with E-state index in [0.717, 1.165) is 51.0 Å². The molecule has 0 aliphatic heterocycles. The van der Waals surface area contributed by atoms with Crippen molar-refractivity contribution in [3.8, 4) is 51.0 Å². The second-order valence-electron chi connectivity index (χ2n) is 7.34. The molecule has 5 rings (SSSR count). The van der Waals surface area contributed by atoms with E-state index < -0.39 is 0 Å². The van der Waals surface area contributed by atoms with Gasteiger partial charge in [-0.1, -0.05) is 12.1 Å². The van der Waals surface area contributed by atoms with E-state index in [1.165, 1.54) is 0 Å². The Morgan fingerprint density at radius 2 is 1.24 bits per heavy atom. The van der Waals surface area contributed by atoms with Crippen LogP contribution in [0.4, 0.5) is 0 Å². The third-order valence-corrected chi connectivity index (χ3v) is 5.42. The standard InChI is InChI=1S/C26H22N4O3/c1-31-19-12-8-17(9-13-19)24-25(18-10-14-20(32-2)15-11-18)29-30-16-22(27-26(30)28-24)21-6-4-5-7-23(21)33-3/h4-16H,1-3H3. The van der Waals surface area contributed by atoms with E-state index in [9.17, 15) is 0 Å². The predicted molar refractivity (Wildman–Crippen MR) is 127 cm³/mol. The number of methoxy groups -OCH3 is 3. The molecule has 0 N–H and O–H groups in total. The van der Waals surface area contributed by atoms with Crippen molar-refractivity contribution >= 4 is 5.78 Å². The van der Waals surface area contributed by atoms with Crippen molar-refractivity contribution in [2.45, 2.75) is 0 Å². The van der Waals surface area contributed by atoms with Gasteiger partial charge in [0.05, 0.1) is 33.2 Å². The van der Waals surface area contributed by atoms with Crippen molar-refractivity contribution in [3.05, 3.63) is 79.0 Å². The van der Waals surface area contributed by atoms with Crippen molar-refractivity contribution in [2.75, 3.05) is 21.3 Å². The molecule has 0 amide bonds. The van der Waals surface area contributed by atoms with Crippen molar-refractivity contribution in [1.82, 2.24) is 19.6 Å². The number of aromatic nitrogens is 4. The van der Waals surface area contributed by atoms with E-state index >= 15 is 0 Å². The zero-order valence-corrected chi connectivity index (χ0v) is 18.5. The number of para-hydroxylation sites is 1. The fourth-order valence-electron chi connectivity index (χ4n) is 3.70. The maximum Gasteiger partial charge on any atom is 0.251 e. The van der Waals surface area contributed by atoms with Crippen LogP contribution in [0.3, 0.4) is 0 Å². The molecule has 0 saturated heterocycles. The largest absolute Gasteiger partial charge is 0.497 e. The molecule has 0 fully saturated rings. The summed E-state index contributed by atoms with van der Waals surface area (Å²) in [6.45, 7) is 0. The molecule has 0 radical (unpaired) electrons. The lowest BCUT2D eigenvalue weighted by Gasteiger charge is -2.10. The second kappa shape index (κ2) is 8.63. The molecule has 5 aromatic rings. The van der Waals surface area contributed by atoms with E-state index in [0.29, 0.717) is 5.78 Å². The maximum atomic E-state index is 5.51. The quantitative estimate of drug-likeness (QED) is 0.365. The van der Waals surface area contributed by atoms with E-state index in [2.05, 4.69) is 0 Å².